The number of ether oxygens (including phenoxy) is 1. The summed E-state index contributed by atoms with van der Waals surface area (Å²) >= 11 is 0. The van der Waals surface area contributed by atoms with Crippen LogP contribution in [-0.4, -0.2) is 23.6 Å². The first-order valence-corrected chi connectivity index (χ1v) is 5.61. The summed E-state index contributed by atoms with van der Waals surface area (Å²) in [6, 6.07) is 4.91. The Morgan fingerprint density at radius 2 is 1.89 bits per heavy atom. The number of esters is 1. The Labute approximate surface area is 104 Å². The van der Waals surface area contributed by atoms with E-state index in [0.29, 0.717) is 11.1 Å². The molecule has 0 spiro atoms. The van der Waals surface area contributed by atoms with E-state index in [4.69, 9.17) is 0 Å². The van der Waals surface area contributed by atoms with E-state index in [9.17, 15) is 18.7 Å². The van der Waals surface area contributed by atoms with Crippen LogP contribution in [0.15, 0.2) is 18.2 Å². The van der Waals surface area contributed by atoms with Gasteiger partial charge in [-0.1, -0.05) is 18.2 Å². The molecular weight excluding hydrogens is 242 g/mol. The molecule has 0 radical (unpaired) electrons. The van der Waals surface area contributed by atoms with Crippen LogP contribution in [0.2, 0.25) is 0 Å². The zero-order chi connectivity index (χ0) is 13.9. The van der Waals surface area contributed by atoms with Crippen LogP contribution in [0.4, 0.5) is 8.78 Å². The second kappa shape index (κ2) is 5.44. The maximum atomic E-state index is 13.7. The largest absolute Gasteiger partial charge is 0.461 e. The van der Waals surface area contributed by atoms with E-state index in [2.05, 4.69) is 4.74 Å². The average molecular weight is 258 g/mol. The Kier molecular flexibility index (Phi) is 4.40. The fourth-order valence-corrected chi connectivity index (χ4v) is 1.78. The minimum absolute atomic E-state index is 0.0653. The molecule has 1 aromatic carbocycles. The smallest absolute Gasteiger partial charge is 0.380 e. The van der Waals surface area contributed by atoms with Crippen molar-refractivity contribution in [1.29, 1.82) is 0 Å². The molecule has 5 heteroatoms. The number of aryl methyl sites for hydroxylation is 2. The quantitative estimate of drug-likeness (QED) is 0.844. The molecule has 1 atom stereocenters. The topological polar surface area (TPSA) is 46.5 Å². The van der Waals surface area contributed by atoms with Crippen LogP contribution in [0.5, 0.6) is 0 Å². The predicted octanol–water partition coefficient (Wildman–Crippen LogP) is 2.54. The Morgan fingerprint density at radius 1 is 1.39 bits per heavy atom. The number of rotatable bonds is 4. The molecule has 1 unspecified atom stereocenters. The van der Waals surface area contributed by atoms with Crippen LogP contribution in [0, 0.1) is 13.8 Å². The van der Waals surface area contributed by atoms with Crippen molar-refractivity contribution in [2.45, 2.75) is 32.8 Å². The molecule has 1 rings (SSSR count). The molecule has 0 aliphatic carbocycles. The van der Waals surface area contributed by atoms with Crippen molar-refractivity contribution >= 4 is 5.97 Å². The summed E-state index contributed by atoms with van der Waals surface area (Å²) in [7, 11) is 0. The highest BCUT2D eigenvalue weighted by Gasteiger charge is 2.49. The summed E-state index contributed by atoms with van der Waals surface area (Å²) < 4.78 is 31.7. The molecule has 0 aromatic heterocycles. The molecule has 0 heterocycles. The minimum Gasteiger partial charge on any atom is -0.461 e. The van der Waals surface area contributed by atoms with E-state index < -0.39 is 18.0 Å². The van der Waals surface area contributed by atoms with E-state index in [1.165, 1.54) is 6.92 Å². The summed E-state index contributed by atoms with van der Waals surface area (Å²) in [5.41, 5.74) is 1.08. The molecule has 0 aliphatic heterocycles. The number of aliphatic hydroxyl groups excluding tert-OH is 1. The van der Waals surface area contributed by atoms with Crippen LogP contribution in [0.1, 0.15) is 29.7 Å². The van der Waals surface area contributed by atoms with E-state index >= 15 is 0 Å². The lowest BCUT2D eigenvalue weighted by Gasteiger charge is -2.23. The Bertz CT molecular complexity index is 424. The maximum Gasteiger partial charge on any atom is 0.380 e. The van der Waals surface area contributed by atoms with Crippen molar-refractivity contribution < 1.29 is 23.4 Å². The summed E-state index contributed by atoms with van der Waals surface area (Å²) in [5, 5.41) is 9.76. The van der Waals surface area contributed by atoms with E-state index in [1.807, 2.05) is 0 Å². The van der Waals surface area contributed by atoms with Gasteiger partial charge in [-0.15, -0.1) is 0 Å². The first-order valence-electron chi connectivity index (χ1n) is 5.61. The molecule has 3 nitrogen and oxygen atoms in total. The fourth-order valence-electron chi connectivity index (χ4n) is 1.78. The van der Waals surface area contributed by atoms with Gasteiger partial charge in [-0.3, -0.25) is 0 Å². The lowest BCUT2D eigenvalue weighted by molar-refractivity contribution is -0.189. The van der Waals surface area contributed by atoms with Crippen molar-refractivity contribution in [3.63, 3.8) is 0 Å². The number of carbonyl (C=O) groups is 1. The van der Waals surface area contributed by atoms with Gasteiger partial charge >= 0.3 is 11.9 Å². The standard InChI is InChI=1S/C13H16F2O3/c1-4-18-12(17)13(14,15)11(16)10-8(2)6-5-7-9(10)3/h5-7,11,16H,4H2,1-3H3. The average Bonchev–Trinajstić information content (AvgIpc) is 2.28. The highest BCUT2D eigenvalue weighted by molar-refractivity contribution is 5.78. The van der Waals surface area contributed by atoms with Gasteiger partial charge in [0, 0.05) is 0 Å². The van der Waals surface area contributed by atoms with Crippen molar-refractivity contribution in [3.8, 4) is 0 Å². The van der Waals surface area contributed by atoms with Gasteiger partial charge in [0.2, 0.25) is 0 Å². The Hall–Kier alpha value is -1.49. The third-order valence-corrected chi connectivity index (χ3v) is 2.71. The van der Waals surface area contributed by atoms with E-state index in [0.717, 1.165) is 0 Å². The van der Waals surface area contributed by atoms with Crippen LogP contribution >= 0.6 is 0 Å². The first-order chi connectivity index (χ1) is 8.32. The lowest BCUT2D eigenvalue weighted by atomic mass is 9.94. The van der Waals surface area contributed by atoms with Gasteiger partial charge in [0.15, 0.2) is 6.10 Å². The molecule has 1 aromatic rings. The summed E-state index contributed by atoms with van der Waals surface area (Å²) in [6.45, 7) is 4.48. The predicted molar refractivity (Wildman–Crippen MR) is 62.5 cm³/mol. The van der Waals surface area contributed by atoms with Gasteiger partial charge < -0.3 is 9.84 Å². The first kappa shape index (κ1) is 14.6. The fraction of sp³-hybridized carbons (Fsp3) is 0.462. The Morgan fingerprint density at radius 3 is 2.33 bits per heavy atom. The summed E-state index contributed by atoms with van der Waals surface area (Å²) in [6.07, 6.45) is -2.20. The van der Waals surface area contributed by atoms with Crippen molar-refractivity contribution in [2.24, 2.45) is 0 Å². The molecule has 0 bridgehead atoms. The number of aliphatic hydroxyl groups is 1. The number of carbonyl (C=O) groups excluding carboxylic acids is 1. The van der Waals surface area contributed by atoms with Crippen LogP contribution in [0.3, 0.4) is 0 Å². The van der Waals surface area contributed by atoms with Gasteiger partial charge in [0.05, 0.1) is 6.61 Å². The van der Waals surface area contributed by atoms with Gasteiger partial charge in [-0.05, 0) is 37.5 Å². The molecule has 18 heavy (non-hydrogen) atoms. The molecular formula is C13H16F2O3. The van der Waals surface area contributed by atoms with Gasteiger partial charge in [0.25, 0.3) is 0 Å². The SMILES string of the molecule is CCOC(=O)C(F)(F)C(O)c1c(C)cccc1C. The highest BCUT2D eigenvalue weighted by Crippen LogP contribution is 2.35. The Balaban J connectivity index is 3.13. The van der Waals surface area contributed by atoms with Gasteiger partial charge in [0.1, 0.15) is 0 Å². The van der Waals surface area contributed by atoms with Crippen molar-refractivity contribution in [1.82, 2.24) is 0 Å². The van der Waals surface area contributed by atoms with Gasteiger partial charge in [-0.2, -0.15) is 8.78 Å². The molecule has 100 valence electrons. The lowest BCUT2D eigenvalue weighted by Crippen LogP contribution is -2.38. The third-order valence-electron chi connectivity index (χ3n) is 2.71. The van der Waals surface area contributed by atoms with E-state index in [-0.39, 0.29) is 12.2 Å². The third kappa shape index (κ3) is 2.67. The number of hydrogen-bond donors (Lipinski definition) is 1. The summed E-state index contributed by atoms with van der Waals surface area (Å²) in [5.74, 6) is -5.66. The normalized spacial score (nSPS) is 13.2. The molecule has 0 aliphatic rings. The number of halogens is 2. The number of alkyl halides is 2. The monoisotopic (exact) mass is 258 g/mol. The molecule has 0 amide bonds. The molecule has 0 saturated heterocycles. The van der Waals surface area contributed by atoms with Crippen molar-refractivity contribution in [3.05, 3.63) is 34.9 Å². The number of benzene rings is 1. The van der Waals surface area contributed by atoms with Crippen molar-refractivity contribution in [2.75, 3.05) is 6.61 Å². The number of hydrogen-bond acceptors (Lipinski definition) is 3. The van der Waals surface area contributed by atoms with E-state index in [1.54, 1.807) is 32.0 Å². The zero-order valence-corrected chi connectivity index (χ0v) is 10.5. The highest BCUT2D eigenvalue weighted by atomic mass is 19.3. The van der Waals surface area contributed by atoms with Crippen LogP contribution in [-0.2, 0) is 9.53 Å². The molecule has 1 N–H and O–H groups in total. The maximum absolute atomic E-state index is 13.7. The summed E-state index contributed by atoms with van der Waals surface area (Å²) in [4.78, 5) is 11.2. The minimum atomic E-state index is -3.95. The molecule has 0 saturated carbocycles. The second-order valence-corrected chi connectivity index (χ2v) is 4.05. The molecule has 0 fully saturated rings. The van der Waals surface area contributed by atoms with Gasteiger partial charge in [-0.25, -0.2) is 4.79 Å². The van der Waals surface area contributed by atoms with Crippen LogP contribution < -0.4 is 0 Å². The second-order valence-electron chi connectivity index (χ2n) is 4.05. The van der Waals surface area contributed by atoms with Crippen LogP contribution in [0.25, 0.3) is 0 Å². The zero-order valence-electron chi connectivity index (χ0n) is 10.5.